The summed E-state index contributed by atoms with van der Waals surface area (Å²) in [6.07, 6.45) is 5.04. The molecule has 0 spiro atoms. The highest BCUT2D eigenvalue weighted by atomic mass is 16.5. The molecule has 0 aromatic heterocycles. The molecular formula is C15H28N2O2. The van der Waals surface area contributed by atoms with Crippen molar-refractivity contribution < 1.29 is 9.53 Å². The van der Waals surface area contributed by atoms with Crippen molar-refractivity contribution in [2.45, 2.75) is 52.0 Å². The second-order valence-corrected chi connectivity index (χ2v) is 6.57. The van der Waals surface area contributed by atoms with Crippen LogP contribution in [0.4, 0.5) is 0 Å². The molecule has 3 unspecified atom stereocenters. The first-order valence-corrected chi connectivity index (χ1v) is 7.66. The van der Waals surface area contributed by atoms with Crippen LogP contribution in [0.1, 0.15) is 46.0 Å². The highest BCUT2D eigenvalue weighted by molar-refractivity contribution is 5.83. The van der Waals surface area contributed by atoms with Crippen molar-refractivity contribution in [3.05, 3.63) is 0 Å². The Labute approximate surface area is 116 Å². The van der Waals surface area contributed by atoms with Crippen molar-refractivity contribution in [3.8, 4) is 0 Å². The number of carbonyl (C=O) groups excluding carboxylic acids is 1. The first-order chi connectivity index (χ1) is 9.07. The molecule has 1 amide bonds. The minimum absolute atomic E-state index is 0.157. The van der Waals surface area contributed by atoms with E-state index >= 15 is 0 Å². The summed E-state index contributed by atoms with van der Waals surface area (Å²) in [6, 6.07) is 0.329. The maximum Gasteiger partial charge on any atom is 0.227 e. The third-order valence-corrected chi connectivity index (χ3v) is 5.07. The number of amides is 1. The fraction of sp³-hybridized carbons (Fsp3) is 0.933. The minimum Gasteiger partial charge on any atom is -0.381 e. The molecule has 1 saturated heterocycles. The van der Waals surface area contributed by atoms with Crippen molar-refractivity contribution >= 4 is 5.91 Å². The van der Waals surface area contributed by atoms with E-state index in [1.54, 1.807) is 0 Å². The Hall–Kier alpha value is -0.610. The molecular weight excluding hydrogens is 240 g/mol. The summed E-state index contributed by atoms with van der Waals surface area (Å²) in [7, 11) is 0. The molecule has 0 aromatic rings. The van der Waals surface area contributed by atoms with Gasteiger partial charge in [0, 0.05) is 25.8 Å². The summed E-state index contributed by atoms with van der Waals surface area (Å²) in [5.74, 6) is 1.52. The van der Waals surface area contributed by atoms with Gasteiger partial charge in [-0.3, -0.25) is 4.79 Å². The summed E-state index contributed by atoms with van der Waals surface area (Å²) in [4.78, 5) is 12.6. The number of nitrogens with one attached hydrogen (secondary N) is 1. The highest BCUT2D eigenvalue weighted by Gasteiger charge is 2.40. The molecule has 1 aliphatic carbocycles. The Balaban J connectivity index is 1.95. The van der Waals surface area contributed by atoms with Crippen LogP contribution in [-0.2, 0) is 9.53 Å². The topological polar surface area (TPSA) is 64.4 Å². The third kappa shape index (κ3) is 3.29. The van der Waals surface area contributed by atoms with Crippen molar-refractivity contribution in [2.24, 2.45) is 23.0 Å². The van der Waals surface area contributed by atoms with Crippen LogP contribution in [-0.4, -0.2) is 31.7 Å². The first-order valence-electron chi connectivity index (χ1n) is 7.66. The molecule has 19 heavy (non-hydrogen) atoms. The van der Waals surface area contributed by atoms with Crippen molar-refractivity contribution in [1.29, 1.82) is 0 Å². The molecule has 3 N–H and O–H groups in total. The van der Waals surface area contributed by atoms with Gasteiger partial charge >= 0.3 is 0 Å². The SMILES string of the molecule is CC1CCC(NC(=O)C2(CN)CCOCC2)C(C)C1. The van der Waals surface area contributed by atoms with Crippen LogP contribution >= 0.6 is 0 Å². The summed E-state index contributed by atoms with van der Waals surface area (Å²) >= 11 is 0. The Morgan fingerprint density at radius 3 is 2.58 bits per heavy atom. The average Bonchev–Trinajstić information content (AvgIpc) is 2.42. The average molecular weight is 268 g/mol. The molecule has 2 aliphatic rings. The zero-order valence-corrected chi connectivity index (χ0v) is 12.3. The maximum atomic E-state index is 12.6. The molecule has 0 bridgehead atoms. The summed E-state index contributed by atoms with van der Waals surface area (Å²) < 4.78 is 5.37. The van der Waals surface area contributed by atoms with E-state index in [-0.39, 0.29) is 11.3 Å². The van der Waals surface area contributed by atoms with E-state index in [1.165, 1.54) is 12.8 Å². The highest BCUT2D eigenvalue weighted by Crippen LogP contribution is 2.32. The van der Waals surface area contributed by atoms with E-state index in [9.17, 15) is 4.79 Å². The van der Waals surface area contributed by atoms with E-state index in [0.29, 0.717) is 31.7 Å². The van der Waals surface area contributed by atoms with Crippen LogP contribution in [0.2, 0.25) is 0 Å². The molecule has 110 valence electrons. The largest absolute Gasteiger partial charge is 0.381 e. The lowest BCUT2D eigenvalue weighted by Gasteiger charge is -2.39. The maximum absolute atomic E-state index is 12.6. The van der Waals surface area contributed by atoms with Gasteiger partial charge < -0.3 is 15.8 Å². The molecule has 1 saturated carbocycles. The Bertz CT molecular complexity index is 313. The summed E-state index contributed by atoms with van der Waals surface area (Å²) in [5.41, 5.74) is 5.50. The number of nitrogens with two attached hydrogens (primary N) is 1. The predicted octanol–water partition coefficient (Wildman–Crippen LogP) is 1.68. The van der Waals surface area contributed by atoms with Gasteiger partial charge in [0.05, 0.1) is 5.41 Å². The van der Waals surface area contributed by atoms with Gasteiger partial charge in [-0.1, -0.05) is 13.8 Å². The molecule has 3 atom stereocenters. The number of carbonyl (C=O) groups is 1. The fourth-order valence-corrected chi connectivity index (χ4v) is 3.49. The van der Waals surface area contributed by atoms with Gasteiger partial charge in [0.1, 0.15) is 0 Å². The number of rotatable bonds is 3. The van der Waals surface area contributed by atoms with E-state index in [0.717, 1.165) is 25.2 Å². The van der Waals surface area contributed by atoms with E-state index < -0.39 is 0 Å². The zero-order chi connectivity index (χ0) is 13.9. The summed E-state index contributed by atoms with van der Waals surface area (Å²) in [5, 5.41) is 3.28. The Morgan fingerprint density at radius 1 is 1.32 bits per heavy atom. The smallest absolute Gasteiger partial charge is 0.227 e. The molecule has 4 heteroatoms. The Kier molecular flexibility index (Phi) is 4.85. The van der Waals surface area contributed by atoms with E-state index in [2.05, 4.69) is 19.2 Å². The minimum atomic E-state index is -0.388. The lowest BCUT2D eigenvalue weighted by atomic mass is 9.76. The summed E-state index contributed by atoms with van der Waals surface area (Å²) in [6.45, 7) is 6.29. The van der Waals surface area contributed by atoms with E-state index in [4.69, 9.17) is 10.5 Å². The van der Waals surface area contributed by atoms with Crippen molar-refractivity contribution in [2.75, 3.05) is 19.8 Å². The van der Waals surface area contributed by atoms with Gasteiger partial charge in [0.15, 0.2) is 0 Å². The second-order valence-electron chi connectivity index (χ2n) is 6.57. The van der Waals surface area contributed by atoms with Crippen LogP contribution in [0, 0.1) is 17.3 Å². The monoisotopic (exact) mass is 268 g/mol. The predicted molar refractivity (Wildman–Crippen MR) is 75.7 cm³/mol. The number of ether oxygens (including phenoxy) is 1. The van der Waals surface area contributed by atoms with Crippen molar-refractivity contribution in [1.82, 2.24) is 5.32 Å². The molecule has 1 aliphatic heterocycles. The molecule has 0 radical (unpaired) electrons. The quantitative estimate of drug-likeness (QED) is 0.818. The van der Waals surface area contributed by atoms with Crippen LogP contribution in [0.15, 0.2) is 0 Å². The van der Waals surface area contributed by atoms with Gasteiger partial charge in [-0.05, 0) is 43.9 Å². The van der Waals surface area contributed by atoms with Crippen LogP contribution in [0.3, 0.4) is 0 Å². The van der Waals surface area contributed by atoms with Gasteiger partial charge in [0.25, 0.3) is 0 Å². The van der Waals surface area contributed by atoms with Crippen LogP contribution in [0.5, 0.6) is 0 Å². The third-order valence-electron chi connectivity index (χ3n) is 5.07. The molecule has 1 heterocycles. The van der Waals surface area contributed by atoms with Gasteiger partial charge in [-0.2, -0.15) is 0 Å². The van der Waals surface area contributed by atoms with Gasteiger partial charge in [0.2, 0.25) is 5.91 Å². The van der Waals surface area contributed by atoms with Crippen molar-refractivity contribution in [3.63, 3.8) is 0 Å². The zero-order valence-electron chi connectivity index (χ0n) is 12.3. The van der Waals surface area contributed by atoms with Crippen LogP contribution in [0.25, 0.3) is 0 Å². The Morgan fingerprint density at radius 2 is 2.00 bits per heavy atom. The first kappa shape index (κ1) is 14.8. The standard InChI is InChI=1S/C15H28N2O2/c1-11-3-4-13(12(2)9-11)17-14(18)15(10-16)5-7-19-8-6-15/h11-13H,3-10,16H2,1-2H3,(H,17,18). The normalized spacial score (nSPS) is 34.8. The van der Waals surface area contributed by atoms with E-state index in [1.807, 2.05) is 0 Å². The molecule has 0 aromatic carbocycles. The molecule has 2 rings (SSSR count). The molecule has 2 fully saturated rings. The number of hydrogen-bond acceptors (Lipinski definition) is 3. The fourth-order valence-electron chi connectivity index (χ4n) is 3.49. The van der Waals surface area contributed by atoms with Crippen LogP contribution < -0.4 is 11.1 Å². The second kappa shape index (κ2) is 6.23. The van der Waals surface area contributed by atoms with Gasteiger partial charge in [-0.25, -0.2) is 0 Å². The molecule has 4 nitrogen and oxygen atoms in total. The lowest BCUT2D eigenvalue weighted by Crippen LogP contribution is -2.53. The van der Waals surface area contributed by atoms with Gasteiger partial charge in [-0.15, -0.1) is 0 Å². The lowest BCUT2D eigenvalue weighted by molar-refractivity contribution is -0.137. The number of hydrogen-bond donors (Lipinski definition) is 2.